The van der Waals surface area contributed by atoms with Gasteiger partial charge in [-0.05, 0) is 51.4 Å². The quantitative estimate of drug-likeness (QED) is 0.0326. The highest BCUT2D eigenvalue weighted by Gasteiger charge is 2.20. The summed E-state index contributed by atoms with van der Waals surface area (Å²) in [7, 11) is 0. The Balaban J connectivity index is 3.46. The molecular weight excluding hydrogens is 671 g/mol. The van der Waals surface area contributed by atoms with E-state index in [2.05, 4.69) is 31.3 Å². The lowest BCUT2D eigenvalue weighted by Crippen LogP contribution is -2.45. The molecule has 0 aromatic carbocycles. The van der Waals surface area contributed by atoms with Gasteiger partial charge in [-0.2, -0.15) is 0 Å². The summed E-state index contributed by atoms with van der Waals surface area (Å²) in [5.74, 6) is -0.0772. The van der Waals surface area contributed by atoms with E-state index in [0.717, 1.165) is 57.8 Å². The van der Waals surface area contributed by atoms with Crippen molar-refractivity contribution in [3.05, 3.63) is 12.2 Å². The van der Waals surface area contributed by atoms with Crippen molar-refractivity contribution in [1.29, 1.82) is 0 Å². The molecule has 0 saturated carbocycles. The topological polar surface area (TPSA) is 95.9 Å². The highest BCUT2D eigenvalue weighted by molar-refractivity contribution is 5.76. The first-order valence-electron chi connectivity index (χ1n) is 23.9. The first kappa shape index (κ1) is 52.6. The maximum atomic E-state index is 12.4. The Morgan fingerprint density at radius 3 is 1.31 bits per heavy atom. The van der Waals surface area contributed by atoms with Gasteiger partial charge in [0.2, 0.25) is 5.91 Å². The van der Waals surface area contributed by atoms with Crippen LogP contribution in [0.2, 0.25) is 0 Å². The lowest BCUT2D eigenvalue weighted by molar-refractivity contribution is -0.143. The van der Waals surface area contributed by atoms with Gasteiger partial charge < -0.3 is 20.3 Å². The maximum absolute atomic E-state index is 12.4. The minimum atomic E-state index is -0.674. The zero-order valence-corrected chi connectivity index (χ0v) is 36.2. The minimum Gasteiger partial charge on any atom is -0.466 e. The molecule has 0 rings (SSSR count). The second kappa shape index (κ2) is 44.3. The van der Waals surface area contributed by atoms with Crippen molar-refractivity contribution in [3.8, 4) is 0 Å². The third kappa shape index (κ3) is 40.3. The molecule has 0 aromatic rings. The Hall–Kier alpha value is -1.40. The monoisotopic (exact) mass is 764 g/mol. The molecule has 1 amide bonds. The Kier molecular flexibility index (Phi) is 43.2. The first-order chi connectivity index (χ1) is 26.5. The van der Waals surface area contributed by atoms with E-state index in [-0.39, 0.29) is 18.5 Å². The fourth-order valence-electron chi connectivity index (χ4n) is 7.34. The molecular formula is C48H93NO5. The summed E-state index contributed by atoms with van der Waals surface area (Å²) in [5, 5.41) is 23.1. The molecule has 0 aliphatic heterocycles. The van der Waals surface area contributed by atoms with E-state index in [1.54, 1.807) is 0 Å². The van der Waals surface area contributed by atoms with E-state index in [0.29, 0.717) is 25.9 Å². The van der Waals surface area contributed by atoms with Crippen LogP contribution >= 0.6 is 0 Å². The van der Waals surface area contributed by atoms with Crippen LogP contribution in [0, 0.1) is 0 Å². The predicted octanol–water partition coefficient (Wildman–Crippen LogP) is 13.8. The van der Waals surface area contributed by atoms with Crippen molar-refractivity contribution in [1.82, 2.24) is 5.32 Å². The van der Waals surface area contributed by atoms with E-state index in [1.807, 2.05) is 0 Å². The van der Waals surface area contributed by atoms with Crippen LogP contribution in [0.25, 0.3) is 0 Å². The lowest BCUT2D eigenvalue weighted by atomic mass is 10.0. The third-order valence-electron chi connectivity index (χ3n) is 11.1. The van der Waals surface area contributed by atoms with Crippen LogP contribution in [0.5, 0.6) is 0 Å². The largest absolute Gasteiger partial charge is 0.466 e. The van der Waals surface area contributed by atoms with E-state index in [4.69, 9.17) is 4.74 Å². The molecule has 6 heteroatoms. The van der Waals surface area contributed by atoms with Gasteiger partial charge >= 0.3 is 5.97 Å². The van der Waals surface area contributed by atoms with Crippen LogP contribution in [-0.2, 0) is 14.3 Å². The fraction of sp³-hybridized carbons (Fsp3) is 0.917. The van der Waals surface area contributed by atoms with Crippen LogP contribution in [-0.4, -0.2) is 47.4 Å². The van der Waals surface area contributed by atoms with E-state index in [9.17, 15) is 19.8 Å². The summed E-state index contributed by atoms with van der Waals surface area (Å²) in [6, 6.07) is -0.553. The summed E-state index contributed by atoms with van der Waals surface area (Å²) in [5.41, 5.74) is 0. The molecule has 0 aliphatic rings. The molecule has 54 heavy (non-hydrogen) atoms. The highest BCUT2D eigenvalue weighted by Crippen LogP contribution is 2.16. The van der Waals surface area contributed by atoms with Crippen LogP contribution in [0.15, 0.2) is 12.2 Å². The standard InChI is InChI=1S/C48H93NO5/c1-3-5-7-9-11-13-15-16-17-18-22-26-30-34-38-42-48(53)54-43-39-35-31-27-23-19-21-25-29-33-37-41-47(52)49-45(44-50)46(51)40-36-32-28-24-20-14-12-10-8-6-4-2/h16-17,45-46,50-51H,3-15,18-44H2,1-2H3,(H,49,52)/b17-16-. The molecule has 0 aliphatic carbocycles. The van der Waals surface area contributed by atoms with Crippen molar-refractivity contribution in [2.24, 2.45) is 0 Å². The van der Waals surface area contributed by atoms with Crippen LogP contribution < -0.4 is 5.32 Å². The summed E-state index contributed by atoms with van der Waals surface area (Å²) in [6.07, 6.45) is 48.8. The fourth-order valence-corrected chi connectivity index (χ4v) is 7.34. The van der Waals surface area contributed by atoms with Gasteiger partial charge in [0.05, 0.1) is 25.4 Å². The van der Waals surface area contributed by atoms with Gasteiger partial charge in [-0.25, -0.2) is 0 Å². The molecule has 0 bridgehead atoms. The number of ether oxygens (including phenoxy) is 1. The molecule has 2 atom stereocenters. The van der Waals surface area contributed by atoms with Crippen LogP contribution in [0.4, 0.5) is 0 Å². The summed E-state index contributed by atoms with van der Waals surface area (Å²) >= 11 is 0. The van der Waals surface area contributed by atoms with E-state index in [1.165, 1.54) is 167 Å². The molecule has 0 spiro atoms. The molecule has 0 fully saturated rings. The van der Waals surface area contributed by atoms with Crippen molar-refractivity contribution in [3.63, 3.8) is 0 Å². The van der Waals surface area contributed by atoms with Gasteiger partial charge in [0.25, 0.3) is 0 Å². The number of aliphatic hydroxyl groups is 2. The van der Waals surface area contributed by atoms with Gasteiger partial charge in [0.15, 0.2) is 0 Å². The number of unbranched alkanes of at least 4 members (excludes halogenated alkanes) is 31. The maximum Gasteiger partial charge on any atom is 0.305 e. The number of nitrogens with one attached hydrogen (secondary N) is 1. The van der Waals surface area contributed by atoms with E-state index < -0.39 is 12.1 Å². The van der Waals surface area contributed by atoms with Gasteiger partial charge in [0, 0.05) is 12.8 Å². The van der Waals surface area contributed by atoms with Crippen LogP contribution in [0.3, 0.4) is 0 Å². The lowest BCUT2D eigenvalue weighted by Gasteiger charge is -2.22. The van der Waals surface area contributed by atoms with Crippen molar-refractivity contribution in [2.45, 2.75) is 270 Å². The molecule has 2 unspecified atom stereocenters. The van der Waals surface area contributed by atoms with Gasteiger partial charge in [-0.15, -0.1) is 0 Å². The number of hydrogen-bond donors (Lipinski definition) is 3. The number of esters is 1. The van der Waals surface area contributed by atoms with Crippen molar-refractivity contribution >= 4 is 11.9 Å². The zero-order valence-electron chi connectivity index (χ0n) is 36.2. The van der Waals surface area contributed by atoms with Crippen molar-refractivity contribution < 1.29 is 24.5 Å². The number of rotatable bonds is 44. The minimum absolute atomic E-state index is 0.0218. The smallest absolute Gasteiger partial charge is 0.305 e. The first-order valence-corrected chi connectivity index (χ1v) is 23.9. The second-order valence-electron chi connectivity index (χ2n) is 16.4. The van der Waals surface area contributed by atoms with Gasteiger partial charge in [0.1, 0.15) is 0 Å². The molecule has 6 nitrogen and oxygen atoms in total. The predicted molar refractivity (Wildman–Crippen MR) is 232 cm³/mol. The van der Waals surface area contributed by atoms with Gasteiger partial charge in [-0.1, -0.05) is 206 Å². The molecule has 0 saturated heterocycles. The number of hydrogen-bond acceptors (Lipinski definition) is 5. The molecule has 0 heterocycles. The average Bonchev–Trinajstić information content (AvgIpc) is 3.17. The molecule has 3 N–H and O–H groups in total. The van der Waals surface area contributed by atoms with E-state index >= 15 is 0 Å². The Morgan fingerprint density at radius 2 is 0.870 bits per heavy atom. The molecule has 320 valence electrons. The second-order valence-corrected chi connectivity index (χ2v) is 16.4. The Bertz CT molecular complexity index is 802. The number of carbonyl (C=O) groups is 2. The number of amides is 1. The third-order valence-corrected chi connectivity index (χ3v) is 11.1. The molecule has 0 aromatic heterocycles. The normalized spacial score (nSPS) is 12.7. The SMILES string of the molecule is CCCCCCCC/C=C\CCCCCCCC(=O)OCCCCCCCCCCCCCC(=O)NC(CO)C(O)CCCCCCCCCCCCC. The Morgan fingerprint density at radius 1 is 0.500 bits per heavy atom. The van der Waals surface area contributed by atoms with Gasteiger partial charge in [-0.3, -0.25) is 9.59 Å². The average molecular weight is 764 g/mol. The van der Waals surface area contributed by atoms with Crippen molar-refractivity contribution in [2.75, 3.05) is 13.2 Å². The zero-order chi connectivity index (χ0) is 39.4. The number of allylic oxidation sites excluding steroid dienone is 2. The summed E-state index contributed by atoms with van der Waals surface area (Å²) < 4.78 is 5.45. The highest BCUT2D eigenvalue weighted by atomic mass is 16.5. The summed E-state index contributed by atoms with van der Waals surface area (Å²) in [6.45, 7) is 4.89. The number of carbonyl (C=O) groups excluding carboxylic acids is 2. The molecule has 0 radical (unpaired) electrons. The number of aliphatic hydroxyl groups excluding tert-OH is 2. The summed E-state index contributed by atoms with van der Waals surface area (Å²) in [4.78, 5) is 24.4. The Labute approximate surface area is 336 Å². The van der Waals surface area contributed by atoms with Crippen LogP contribution in [0.1, 0.15) is 258 Å².